The predicted molar refractivity (Wildman–Crippen MR) is 225 cm³/mol. The molecule has 62 heavy (non-hydrogen) atoms. The first kappa shape index (κ1) is 48.6. The van der Waals surface area contributed by atoms with Crippen LogP contribution in [0.3, 0.4) is 0 Å². The number of carbonyl (C=O) groups is 1. The van der Waals surface area contributed by atoms with Gasteiger partial charge in [-0.25, -0.2) is 13.2 Å². The van der Waals surface area contributed by atoms with Crippen molar-refractivity contribution >= 4 is 23.7 Å². The lowest BCUT2D eigenvalue weighted by molar-refractivity contribution is -0.274. The van der Waals surface area contributed by atoms with Gasteiger partial charge in [0.2, 0.25) is 10.0 Å². The van der Waals surface area contributed by atoms with E-state index in [0.717, 1.165) is 41.0 Å². The molecule has 1 aliphatic heterocycles. The Hall–Kier alpha value is -4.48. The zero-order valence-electron chi connectivity index (χ0n) is 35.1. The molecule has 18 heteroatoms. The maximum Gasteiger partial charge on any atom is 0.573 e. The van der Waals surface area contributed by atoms with Crippen LogP contribution in [0, 0.1) is 11.8 Å². The van der Waals surface area contributed by atoms with Crippen LogP contribution in [-0.4, -0.2) is 76.3 Å². The Morgan fingerprint density at radius 1 is 0.871 bits per heavy atom. The molecule has 4 atom stereocenters. The van der Waals surface area contributed by atoms with E-state index in [2.05, 4.69) is 10.1 Å². The molecule has 1 aliphatic rings. The summed E-state index contributed by atoms with van der Waals surface area (Å²) in [6.07, 6.45) is -6.78. The number of hydrogen-bond donors (Lipinski definition) is 1. The van der Waals surface area contributed by atoms with E-state index in [0.29, 0.717) is 12.4 Å². The van der Waals surface area contributed by atoms with E-state index in [-0.39, 0.29) is 68.8 Å². The summed E-state index contributed by atoms with van der Waals surface area (Å²) in [4.78, 5) is 13.2. The number of sulfonamides is 1. The second-order valence-corrected chi connectivity index (χ2v) is 19.1. The number of amides is 1. The molecule has 0 unspecified atom stereocenters. The van der Waals surface area contributed by atoms with Crippen LogP contribution in [0.1, 0.15) is 50.8 Å². The van der Waals surface area contributed by atoms with Crippen molar-refractivity contribution in [3.05, 3.63) is 126 Å². The normalized spacial score (nSPS) is 17.5. The van der Waals surface area contributed by atoms with Gasteiger partial charge in [-0.1, -0.05) is 93.6 Å². The fourth-order valence-electron chi connectivity index (χ4n) is 6.48. The first-order valence-corrected chi connectivity index (χ1v) is 23.4. The maximum absolute atomic E-state index is 13.9. The second kappa shape index (κ2) is 22.7. The molecule has 1 fully saturated rings. The summed E-state index contributed by atoms with van der Waals surface area (Å²) in [6.45, 7) is 8.06. The van der Waals surface area contributed by atoms with Gasteiger partial charge in [-0.05, 0) is 78.8 Å². The zero-order chi connectivity index (χ0) is 44.8. The highest BCUT2D eigenvalue weighted by Crippen LogP contribution is 2.50. The smallest absolute Gasteiger partial charge is 0.481 e. The van der Waals surface area contributed by atoms with Gasteiger partial charge in [-0.15, -0.1) is 13.2 Å². The lowest BCUT2D eigenvalue weighted by Gasteiger charge is -2.27. The first-order valence-electron chi connectivity index (χ1n) is 20.3. The number of alkyl halides is 3. The van der Waals surface area contributed by atoms with Crippen LogP contribution in [0.25, 0.3) is 0 Å². The number of rotatable bonds is 23. The number of hydrogen-bond acceptors (Lipinski definition) is 11. The van der Waals surface area contributed by atoms with E-state index < -0.39 is 54.3 Å². The Bertz CT molecular complexity index is 2090. The fourth-order valence-corrected chi connectivity index (χ4v) is 9.32. The van der Waals surface area contributed by atoms with E-state index in [1.165, 1.54) is 4.31 Å². The minimum Gasteiger partial charge on any atom is -0.481 e. The molecule has 1 heterocycles. The van der Waals surface area contributed by atoms with Crippen LogP contribution < -0.4 is 14.8 Å². The summed E-state index contributed by atoms with van der Waals surface area (Å²) in [5, 5.41) is 2.90. The average Bonchev–Trinajstić information content (AvgIpc) is 3.58. The fraction of sp³-hybridized carbons (Fsp3) is 0.432. The van der Waals surface area contributed by atoms with E-state index in [1.54, 1.807) is 24.3 Å². The summed E-state index contributed by atoms with van der Waals surface area (Å²) < 4.78 is 120. The van der Waals surface area contributed by atoms with Crippen LogP contribution in [0.4, 0.5) is 18.0 Å². The molecule has 0 bridgehead atoms. The van der Waals surface area contributed by atoms with Crippen molar-refractivity contribution in [2.24, 2.45) is 11.8 Å². The quantitative estimate of drug-likeness (QED) is 0.0710. The minimum absolute atomic E-state index is 0.0465. The van der Waals surface area contributed by atoms with Gasteiger partial charge < -0.3 is 38.0 Å². The van der Waals surface area contributed by atoms with Gasteiger partial charge in [-0.2, -0.15) is 4.31 Å². The number of nitrogens with one attached hydrogen (secondary N) is 1. The van der Waals surface area contributed by atoms with Gasteiger partial charge in [0.1, 0.15) is 17.6 Å². The highest BCUT2D eigenvalue weighted by atomic mass is 32.2. The highest BCUT2D eigenvalue weighted by Gasteiger charge is 2.38. The van der Waals surface area contributed by atoms with Crippen molar-refractivity contribution in [1.82, 2.24) is 9.62 Å². The molecule has 4 aromatic rings. The molecule has 0 saturated carbocycles. The molecular formula is C44H54F3N2O11PS. The topological polar surface area (TPSA) is 148 Å². The van der Waals surface area contributed by atoms with E-state index in [1.807, 2.05) is 88.4 Å². The molecule has 1 N–H and O–H groups in total. The van der Waals surface area contributed by atoms with Crippen molar-refractivity contribution in [2.45, 2.75) is 83.4 Å². The number of ether oxygens (including phenoxy) is 5. The summed E-state index contributed by atoms with van der Waals surface area (Å²) in [6, 6.07) is 28.8. The Labute approximate surface area is 361 Å². The average molecular weight is 907 g/mol. The molecule has 13 nitrogen and oxygen atoms in total. The van der Waals surface area contributed by atoms with Crippen molar-refractivity contribution in [3.63, 3.8) is 0 Å². The highest BCUT2D eigenvalue weighted by molar-refractivity contribution is 7.89. The van der Waals surface area contributed by atoms with Crippen LogP contribution in [-0.2, 0) is 57.5 Å². The minimum atomic E-state index is -4.94. The Morgan fingerprint density at radius 2 is 1.45 bits per heavy atom. The Morgan fingerprint density at radius 3 is 2.00 bits per heavy atom. The van der Waals surface area contributed by atoms with Gasteiger partial charge in [-0.3, -0.25) is 4.57 Å². The molecule has 0 aromatic heterocycles. The molecular weight excluding hydrogens is 853 g/mol. The maximum atomic E-state index is 13.9. The lowest BCUT2D eigenvalue weighted by Crippen LogP contribution is -2.43. The molecule has 0 aliphatic carbocycles. The molecule has 0 radical (unpaired) electrons. The van der Waals surface area contributed by atoms with E-state index in [9.17, 15) is 30.9 Å². The van der Waals surface area contributed by atoms with Crippen LogP contribution in [0.15, 0.2) is 114 Å². The van der Waals surface area contributed by atoms with Gasteiger partial charge in [0, 0.05) is 31.7 Å². The summed E-state index contributed by atoms with van der Waals surface area (Å²) in [5.74, 6) is -0.535. The molecule has 0 spiro atoms. The van der Waals surface area contributed by atoms with E-state index >= 15 is 0 Å². The number of benzene rings is 4. The summed E-state index contributed by atoms with van der Waals surface area (Å²) >= 11 is 0. The molecule has 338 valence electrons. The third kappa shape index (κ3) is 15.4. The van der Waals surface area contributed by atoms with Gasteiger partial charge in [0.15, 0.2) is 12.6 Å². The van der Waals surface area contributed by atoms with Crippen LogP contribution >= 0.6 is 7.60 Å². The molecule has 5 rings (SSSR count). The van der Waals surface area contributed by atoms with Gasteiger partial charge >= 0.3 is 20.1 Å². The van der Waals surface area contributed by atoms with Crippen LogP contribution in [0.5, 0.6) is 11.5 Å². The molecule has 1 amide bonds. The van der Waals surface area contributed by atoms with E-state index in [4.69, 9.17) is 28.0 Å². The Balaban J connectivity index is 1.29. The first-order chi connectivity index (χ1) is 29.5. The molecule has 1 saturated heterocycles. The molecule has 4 aromatic carbocycles. The number of carbonyl (C=O) groups excluding carboxylic acids is 1. The standard InChI is InChI=1S/C44H54F3N2O11PS/c1-5-54-42-33(4)41(30-55-42)59-43(50)48-37(24-25-49(27-32(2)3)62(52,53)40-22-20-39(21-23-40)60-44(45,46)47)26-34-16-18-38(19-17-34)56-31-61(51,57-28-35-12-8-6-9-13-35)58-29-36-14-10-7-11-15-36/h6-23,32-33,37,41-42H,5,24-31H2,1-4H3,(H,48,50)/t33-,37+,41-,42+/m0/s1. The van der Waals surface area contributed by atoms with Gasteiger partial charge in [0.25, 0.3) is 0 Å². The van der Waals surface area contributed by atoms with Crippen molar-refractivity contribution in [2.75, 3.05) is 32.7 Å². The number of nitrogens with zero attached hydrogens (tertiary/aromatic N) is 1. The van der Waals surface area contributed by atoms with Crippen molar-refractivity contribution in [1.29, 1.82) is 0 Å². The summed E-state index contributed by atoms with van der Waals surface area (Å²) in [5.41, 5.74) is 2.37. The second-order valence-electron chi connectivity index (χ2n) is 15.1. The monoisotopic (exact) mass is 906 g/mol. The Kier molecular flexibility index (Phi) is 17.8. The largest absolute Gasteiger partial charge is 0.573 e. The van der Waals surface area contributed by atoms with Crippen LogP contribution in [0.2, 0.25) is 0 Å². The zero-order valence-corrected chi connectivity index (χ0v) is 36.8. The third-order valence-corrected chi connectivity index (χ3v) is 13.0. The third-order valence-electron chi connectivity index (χ3n) is 9.68. The van der Waals surface area contributed by atoms with Crippen molar-refractivity contribution < 1.29 is 63.7 Å². The van der Waals surface area contributed by atoms with Gasteiger partial charge in [0.05, 0.1) is 24.7 Å². The lowest BCUT2D eigenvalue weighted by atomic mass is 10.0. The SMILES string of the molecule is CCO[C@@H]1OC[C@H](OC(=O)N[C@H](CCN(CC(C)C)S(=O)(=O)c2ccc(OC(F)(F)F)cc2)Cc2ccc(OCP(=O)(OCc3ccccc3)OCc3ccccc3)cc2)[C@@H]1C. The number of alkyl carbamates (subject to hydrolysis) is 1. The van der Waals surface area contributed by atoms with Crippen molar-refractivity contribution in [3.8, 4) is 11.5 Å². The number of halogens is 3. The summed E-state index contributed by atoms with van der Waals surface area (Å²) in [7, 11) is -7.97. The predicted octanol–water partition coefficient (Wildman–Crippen LogP) is 9.32.